The van der Waals surface area contributed by atoms with E-state index in [9.17, 15) is 18.0 Å². The van der Waals surface area contributed by atoms with Crippen LogP contribution in [0.25, 0.3) is 10.9 Å². The van der Waals surface area contributed by atoms with Gasteiger partial charge in [-0.15, -0.1) is 0 Å². The normalized spacial score (nSPS) is 22.2. The van der Waals surface area contributed by atoms with Crippen molar-refractivity contribution in [3.8, 4) is 0 Å². The third kappa shape index (κ3) is 6.92. The van der Waals surface area contributed by atoms with Gasteiger partial charge in [0.05, 0.1) is 23.3 Å². The molecule has 0 unspecified atom stereocenters. The lowest BCUT2D eigenvalue weighted by Gasteiger charge is -2.34. The maximum Gasteiger partial charge on any atom is 0.407 e. The van der Waals surface area contributed by atoms with Gasteiger partial charge in [0.25, 0.3) is 0 Å². The number of hydrogen-bond donors (Lipinski definition) is 2. The lowest BCUT2D eigenvalue weighted by molar-refractivity contribution is -0.179. The smallest absolute Gasteiger partial charge is 0.407 e. The highest BCUT2D eigenvalue weighted by atomic mass is 19.4. The summed E-state index contributed by atoms with van der Waals surface area (Å²) in [6, 6.07) is 8.49. The molecule has 0 spiro atoms. The first-order valence-corrected chi connectivity index (χ1v) is 12.4. The van der Waals surface area contributed by atoms with E-state index >= 15 is 0 Å². The van der Waals surface area contributed by atoms with Crippen LogP contribution >= 0.6 is 0 Å². The fourth-order valence-corrected chi connectivity index (χ4v) is 4.93. The third-order valence-corrected chi connectivity index (χ3v) is 6.81. The van der Waals surface area contributed by atoms with Gasteiger partial charge < -0.3 is 20.3 Å². The first kappa shape index (κ1) is 25.4. The predicted molar refractivity (Wildman–Crippen MR) is 132 cm³/mol. The van der Waals surface area contributed by atoms with Crippen molar-refractivity contribution in [3.63, 3.8) is 0 Å². The minimum atomic E-state index is -4.11. The van der Waals surface area contributed by atoms with E-state index in [4.69, 9.17) is 4.74 Å². The lowest BCUT2D eigenvalue weighted by atomic mass is 9.91. The van der Waals surface area contributed by atoms with Crippen molar-refractivity contribution >= 4 is 28.4 Å². The Labute approximate surface area is 204 Å². The van der Waals surface area contributed by atoms with Gasteiger partial charge in [-0.3, -0.25) is 4.98 Å². The quantitative estimate of drug-likeness (QED) is 0.527. The first-order chi connectivity index (χ1) is 16.5. The van der Waals surface area contributed by atoms with Crippen LogP contribution in [0.2, 0.25) is 0 Å². The van der Waals surface area contributed by atoms with E-state index in [1.165, 1.54) is 0 Å². The fraction of sp³-hybridized carbons (Fsp3) is 0.615. The number of nitrogens with zero attached hydrogens (tertiary/aromatic N) is 2. The third-order valence-electron chi connectivity index (χ3n) is 6.81. The number of benzene rings is 1. The minimum Gasteiger partial charge on any atom is -0.444 e. The van der Waals surface area contributed by atoms with Gasteiger partial charge in [-0.2, -0.15) is 13.2 Å². The molecule has 192 valence electrons. The molecule has 2 N–H and O–H groups in total. The van der Waals surface area contributed by atoms with Gasteiger partial charge in [-0.25, -0.2) is 4.79 Å². The van der Waals surface area contributed by atoms with Crippen LogP contribution < -0.4 is 15.5 Å². The molecule has 1 aromatic heterocycles. The van der Waals surface area contributed by atoms with Gasteiger partial charge in [-0.05, 0) is 77.5 Å². The highest BCUT2D eigenvalue weighted by molar-refractivity contribution is 5.85. The summed E-state index contributed by atoms with van der Waals surface area (Å²) in [6.45, 7) is 6.34. The Morgan fingerprint density at radius 3 is 2.29 bits per heavy atom. The molecule has 2 heterocycles. The number of hydrogen-bond acceptors (Lipinski definition) is 5. The van der Waals surface area contributed by atoms with Crippen LogP contribution in [0.4, 0.5) is 29.3 Å². The molecule has 1 aromatic carbocycles. The number of carbonyl (C=O) groups excluding carboxylic acids is 1. The number of amides is 1. The largest absolute Gasteiger partial charge is 0.444 e. The average molecular weight is 493 g/mol. The van der Waals surface area contributed by atoms with Crippen molar-refractivity contribution in [3.05, 3.63) is 30.5 Å². The number of nitrogens with one attached hydrogen (secondary N) is 2. The monoisotopic (exact) mass is 492 g/mol. The number of rotatable bonds is 4. The molecule has 35 heavy (non-hydrogen) atoms. The molecule has 1 saturated carbocycles. The molecule has 9 heteroatoms. The Morgan fingerprint density at radius 1 is 1.00 bits per heavy atom. The lowest BCUT2D eigenvalue weighted by Crippen LogP contribution is -2.42. The zero-order valence-corrected chi connectivity index (χ0v) is 20.6. The van der Waals surface area contributed by atoms with Crippen molar-refractivity contribution in [1.29, 1.82) is 0 Å². The van der Waals surface area contributed by atoms with Crippen molar-refractivity contribution in [2.75, 3.05) is 23.3 Å². The zero-order chi connectivity index (χ0) is 25.2. The average Bonchev–Trinajstić information content (AvgIpc) is 2.78. The molecule has 1 aliphatic heterocycles. The second-order valence-electron chi connectivity index (χ2n) is 10.7. The highest BCUT2D eigenvalue weighted by Crippen LogP contribution is 2.36. The molecule has 2 fully saturated rings. The van der Waals surface area contributed by atoms with Gasteiger partial charge in [0, 0.05) is 36.2 Å². The summed E-state index contributed by atoms with van der Waals surface area (Å²) in [5.74, 6) is -1.20. The Balaban J connectivity index is 1.29. The summed E-state index contributed by atoms with van der Waals surface area (Å²) in [5, 5.41) is 7.52. The maximum absolute atomic E-state index is 12.9. The molecule has 0 bridgehead atoms. The minimum absolute atomic E-state index is 0.125. The van der Waals surface area contributed by atoms with E-state index in [1.54, 1.807) is 6.20 Å². The van der Waals surface area contributed by atoms with E-state index in [0.29, 0.717) is 19.1 Å². The number of halogens is 3. The predicted octanol–water partition coefficient (Wildman–Crippen LogP) is 6.26. The van der Waals surface area contributed by atoms with Crippen molar-refractivity contribution in [2.24, 2.45) is 5.92 Å². The number of fused-ring (bicyclic) bond motifs is 1. The first-order valence-electron chi connectivity index (χ1n) is 12.4. The van der Waals surface area contributed by atoms with Crippen LogP contribution in [0.1, 0.15) is 59.3 Å². The van der Waals surface area contributed by atoms with E-state index in [2.05, 4.69) is 15.6 Å². The summed E-state index contributed by atoms with van der Waals surface area (Å²) in [7, 11) is 0. The number of pyridine rings is 1. The summed E-state index contributed by atoms with van der Waals surface area (Å²) in [4.78, 5) is 18.6. The van der Waals surface area contributed by atoms with Crippen molar-refractivity contribution < 1.29 is 22.7 Å². The van der Waals surface area contributed by atoms with Crippen LogP contribution in [-0.4, -0.2) is 48.0 Å². The van der Waals surface area contributed by atoms with Crippen LogP contribution in [-0.2, 0) is 4.74 Å². The number of ether oxygens (including phenoxy) is 1. The second-order valence-corrected chi connectivity index (χ2v) is 10.7. The summed E-state index contributed by atoms with van der Waals surface area (Å²) in [6.07, 6.45) is 1.20. The number of anilines is 2. The molecule has 0 atom stereocenters. The fourth-order valence-electron chi connectivity index (χ4n) is 4.93. The second kappa shape index (κ2) is 10.1. The van der Waals surface area contributed by atoms with Crippen LogP contribution in [0.3, 0.4) is 0 Å². The standard InChI is InChI=1S/C26H35F3N4O2/c1-25(2,3)35-24(34)32-20-8-6-19(7-9-20)31-21-5-4-17-14-22(16-30-23(17)15-21)33-12-10-18(11-13-33)26(27,28)29/h4-5,14-16,18-20,31H,6-13H2,1-3H3,(H,32,34). The van der Waals surface area contributed by atoms with E-state index in [1.807, 2.05) is 49.9 Å². The molecule has 2 aliphatic rings. The van der Waals surface area contributed by atoms with Crippen molar-refractivity contribution in [1.82, 2.24) is 10.3 Å². The Bertz CT molecular complexity index is 1020. The molecule has 1 saturated heterocycles. The molecule has 1 amide bonds. The summed E-state index contributed by atoms with van der Waals surface area (Å²) < 4.78 is 44.2. The number of piperidine rings is 1. The number of aromatic nitrogens is 1. The van der Waals surface area contributed by atoms with Crippen LogP contribution in [0.5, 0.6) is 0 Å². The molecule has 4 rings (SSSR count). The molecular weight excluding hydrogens is 457 g/mol. The van der Waals surface area contributed by atoms with E-state index in [-0.39, 0.29) is 25.0 Å². The summed E-state index contributed by atoms with van der Waals surface area (Å²) >= 11 is 0. The molecule has 6 nitrogen and oxygen atoms in total. The van der Waals surface area contributed by atoms with E-state index < -0.39 is 17.7 Å². The molecule has 2 aromatic rings. The highest BCUT2D eigenvalue weighted by Gasteiger charge is 2.41. The number of alkyl halides is 3. The van der Waals surface area contributed by atoms with Gasteiger partial charge >= 0.3 is 12.3 Å². The van der Waals surface area contributed by atoms with Gasteiger partial charge in [0.2, 0.25) is 0 Å². The SMILES string of the molecule is CC(C)(C)OC(=O)NC1CCC(Nc2ccc3cc(N4CCC(C(F)(F)F)CC4)cnc3c2)CC1. The topological polar surface area (TPSA) is 66.5 Å². The summed E-state index contributed by atoms with van der Waals surface area (Å²) in [5.41, 5.74) is 2.21. The van der Waals surface area contributed by atoms with Crippen LogP contribution in [0.15, 0.2) is 30.5 Å². The number of carbonyl (C=O) groups is 1. The maximum atomic E-state index is 12.9. The molecule has 1 aliphatic carbocycles. The number of alkyl carbamates (subject to hydrolysis) is 1. The Hall–Kier alpha value is -2.71. The van der Waals surface area contributed by atoms with Gasteiger partial charge in [0.1, 0.15) is 5.60 Å². The zero-order valence-electron chi connectivity index (χ0n) is 20.6. The van der Waals surface area contributed by atoms with E-state index in [0.717, 1.165) is 48.0 Å². The molecule has 0 radical (unpaired) electrons. The molecular formula is C26H35F3N4O2. The van der Waals surface area contributed by atoms with Crippen molar-refractivity contribution in [2.45, 2.75) is 83.2 Å². The van der Waals surface area contributed by atoms with Crippen LogP contribution in [0, 0.1) is 5.92 Å². The Morgan fingerprint density at radius 2 is 1.66 bits per heavy atom. The van der Waals surface area contributed by atoms with Gasteiger partial charge in [-0.1, -0.05) is 6.07 Å². The Kier molecular flexibility index (Phi) is 7.33. The van der Waals surface area contributed by atoms with Gasteiger partial charge in [0.15, 0.2) is 0 Å².